The molecule has 2 amide bonds. The van der Waals surface area contributed by atoms with E-state index in [-0.39, 0.29) is 23.0 Å². The fraction of sp³-hybridized carbons (Fsp3) is 0.571. The van der Waals surface area contributed by atoms with Crippen molar-refractivity contribution in [2.75, 3.05) is 13.1 Å². The van der Waals surface area contributed by atoms with Crippen molar-refractivity contribution in [2.45, 2.75) is 39.3 Å². The lowest BCUT2D eigenvalue weighted by molar-refractivity contribution is 0.00534. The quantitative estimate of drug-likeness (QED) is 0.853. The first-order chi connectivity index (χ1) is 10.2. The zero-order valence-corrected chi connectivity index (χ0v) is 13.8. The molecule has 22 heavy (non-hydrogen) atoms. The molecule has 2 rings (SSSR count). The molecule has 1 aliphatic rings. The van der Waals surface area contributed by atoms with Crippen molar-refractivity contribution in [3.63, 3.8) is 0 Å². The molecule has 0 saturated carbocycles. The second kappa shape index (κ2) is 6.04. The molecule has 0 aromatic carbocycles. The van der Waals surface area contributed by atoms with E-state index >= 15 is 0 Å². The van der Waals surface area contributed by atoms with E-state index in [1.807, 2.05) is 0 Å². The molecule has 0 bridgehead atoms. The third-order valence-corrected chi connectivity index (χ3v) is 4.07. The van der Waals surface area contributed by atoms with E-state index in [1.165, 1.54) is 4.90 Å². The number of likely N-dealkylation sites (tertiary alicyclic amines) is 1. The minimum atomic E-state index is -0.531. The number of carbonyl (C=O) groups is 3. The van der Waals surface area contributed by atoms with Crippen molar-refractivity contribution in [3.05, 3.63) is 15.6 Å². The lowest BCUT2D eigenvalue weighted by Gasteiger charge is -2.39. The van der Waals surface area contributed by atoms with Crippen molar-refractivity contribution in [2.24, 2.45) is 0 Å². The Morgan fingerprint density at radius 1 is 1.41 bits per heavy atom. The summed E-state index contributed by atoms with van der Waals surface area (Å²) >= 11 is 1.06. The van der Waals surface area contributed by atoms with Crippen LogP contribution in [0.2, 0.25) is 0 Å². The Kier molecular flexibility index (Phi) is 4.50. The van der Waals surface area contributed by atoms with Gasteiger partial charge in [0.05, 0.1) is 11.7 Å². The van der Waals surface area contributed by atoms with E-state index in [9.17, 15) is 14.4 Å². The topological polar surface area (TPSA) is 88.6 Å². The van der Waals surface area contributed by atoms with Crippen LogP contribution in [0.5, 0.6) is 0 Å². The highest BCUT2D eigenvalue weighted by Crippen LogP contribution is 2.19. The maximum atomic E-state index is 12.1. The first-order valence-electron chi connectivity index (χ1n) is 6.91. The average Bonchev–Trinajstić information content (AvgIpc) is 2.72. The summed E-state index contributed by atoms with van der Waals surface area (Å²) in [5, 5.41) is 3.11. The minimum Gasteiger partial charge on any atom is -0.444 e. The molecule has 2 heterocycles. The number of aromatic nitrogens is 1. The molecule has 0 aliphatic carbocycles. The number of carbonyl (C=O) groups excluding carboxylic acids is 3. The number of hydrogen-bond acceptors (Lipinski definition) is 6. The molecular formula is C14H19N3O4S. The number of rotatable bonds is 3. The normalized spacial score (nSPS) is 15.2. The standard InChI is InChI=1S/C14H19N3O4S/c1-8-11(22-10(7-18)15-8)12(19)16-9-5-17(6-9)13(20)21-14(2,3)4/h7,9H,5-6H2,1-4H3,(H,16,19). The van der Waals surface area contributed by atoms with Crippen molar-refractivity contribution in [1.82, 2.24) is 15.2 Å². The average molecular weight is 325 g/mol. The Morgan fingerprint density at radius 2 is 2.05 bits per heavy atom. The van der Waals surface area contributed by atoms with Crippen LogP contribution in [0.25, 0.3) is 0 Å². The highest BCUT2D eigenvalue weighted by Gasteiger charge is 2.35. The fourth-order valence-corrected chi connectivity index (χ4v) is 2.76. The van der Waals surface area contributed by atoms with E-state index in [2.05, 4.69) is 10.3 Å². The van der Waals surface area contributed by atoms with Crippen LogP contribution in [0, 0.1) is 6.92 Å². The Bertz CT molecular complexity index is 600. The summed E-state index contributed by atoms with van der Waals surface area (Å²) in [7, 11) is 0. The van der Waals surface area contributed by atoms with Gasteiger partial charge >= 0.3 is 6.09 Å². The van der Waals surface area contributed by atoms with Crippen molar-refractivity contribution in [1.29, 1.82) is 0 Å². The molecule has 8 heteroatoms. The Balaban J connectivity index is 1.84. The molecule has 0 radical (unpaired) electrons. The number of aryl methyl sites for hydroxylation is 1. The number of aldehydes is 1. The zero-order valence-electron chi connectivity index (χ0n) is 13.0. The third kappa shape index (κ3) is 3.82. The Morgan fingerprint density at radius 3 is 2.55 bits per heavy atom. The van der Waals surface area contributed by atoms with Crippen LogP contribution in [0.4, 0.5) is 4.79 Å². The van der Waals surface area contributed by atoms with Gasteiger partial charge in [-0.1, -0.05) is 0 Å². The number of nitrogens with one attached hydrogen (secondary N) is 1. The zero-order chi connectivity index (χ0) is 16.5. The molecule has 7 nitrogen and oxygen atoms in total. The molecule has 0 unspecified atom stereocenters. The van der Waals surface area contributed by atoms with Crippen LogP contribution in [0.1, 0.15) is 45.9 Å². The highest BCUT2D eigenvalue weighted by molar-refractivity contribution is 7.15. The molecule has 0 atom stereocenters. The second-order valence-corrected chi connectivity index (χ2v) is 7.17. The minimum absolute atomic E-state index is 0.110. The highest BCUT2D eigenvalue weighted by atomic mass is 32.1. The summed E-state index contributed by atoms with van der Waals surface area (Å²) in [4.78, 5) is 40.5. The van der Waals surface area contributed by atoms with Gasteiger partial charge in [0.2, 0.25) is 0 Å². The maximum Gasteiger partial charge on any atom is 0.410 e. The molecule has 1 saturated heterocycles. The largest absolute Gasteiger partial charge is 0.444 e. The van der Waals surface area contributed by atoms with Crippen LogP contribution >= 0.6 is 11.3 Å². The third-order valence-electron chi connectivity index (χ3n) is 2.99. The van der Waals surface area contributed by atoms with Gasteiger partial charge in [0.1, 0.15) is 10.5 Å². The second-order valence-electron chi connectivity index (χ2n) is 6.14. The van der Waals surface area contributed by atoms with E-state index in [0.717, 1.165) is 11.3 Å². The molecule has 1 fully saturated rings. The van der Waals surface area contributed by atoms with E-state index in [1.54, 1.807) is 27.7 Å². The predicted octanol–water partition coefficient (Wildman–Crippen LogP) is 1.61. The van der Waals surface area contributed by atoms with Gasteiger partial charge in [0.25, 0.3) is 5.91 Å². The molecule has 1 aliphatic heterocycles. The van der Waals surface area contributed by atoms with E-state index in [4.69, 9.17) is 4.74 Å². The summed E-state index contributed by atoms with van der Waals surface area (Å²) in [5.74, 6) is -0.267. The van der Waals surface area contributed by atoms with Gasteiger partial charge in [-0.15, -0.1) is 11.3 Å². The lowest BCUT2D eigenvalue weighted by Crippen LogP contribution is -2.61. The number of hydrogen-bond donors (Lipinski definition) is 1. The van der Waals surface area contributed by atoms with Gasteiger partial charge in [-0.05, 0) is 27.7 Å². The smallest absolute Gasteiger partial charge is 0.410 e. The summed E-state index contributed by atoms with van der Waals surface area (Å²) in [6.45, 7) is 7.94. The molecule has 120 valence electrons. The number of nitrogens with zero attached hydrogens (tertiary/aromatic N) is 2. The van der Waals surface area contributed by atoms with Crippen molar-refractivity contribution >= 4 is 29.6 Å². The van der Waals surface area contributed by atoms with E-state index < -0.39 is 5.60 Å². The van der Waals surface area contributed by atoms with E-state index in [0.29, 0.717) is 29.9 Å². The first kappa shape index (κ1) is 16.4. The summed E-state index contributed by atoms with van der Waals surface area (Å²) < 4.78 is 5.24. The van der Waals surface area contributed by atoms with Gasteiger partial charge in [-0.2, -0.15) is 0 Å². The summed E-state index contributed by atoms with van der Waals surface area (Å²) in [6, 6.07) is -0.110. The van der Waals surface area contributed by atoms with Crippen molar-refractivity contribution in [3.8, 4) is 0 Å². The van der Waals surface area contributed by atoms with Gasteiger partial charge in [-0.3, -0.25) is 9.59 Å². The summed E-state index contributed by atoms with van der Waals surface area (Å²) in [6.07, 6.45) is 0.248. The van der Waals surface area contributed by atoms with Gasteiger partial charge in [0.15, 0.2) is 11.3 Å². The van der Waals surface area contributed by atoms with Gasteiger partial charge in [0, 0.05) is 13.1 Å². The lowest BCUT2D eigenvalue weighted by atomic mass is 10.1. The number of ether oxygens (including phenoxy) is 1. The molecule has 1 aromatic rings. The Labute approximate surface area is 132 Å². The molecule has 1 aromatic heterocycles. The monoisotopic (exact) mass is 325 g/mol. The van der Waals surface area contributed by atoms with Gasteiger partial charge in [-0.25, -0.2) is 9.78 Å². The van der Waals surface area contributed by atoms with Crippen LogP contribution < -0.4 is 5.32 Å². The Hall–Kier alpha value is -1.96. The van der Waals surface area contributed by atoms with Crippen LogP contribution in [0.15, 0.2) is 0 Å². The molecule has 1 N–H and O–H groups in total. The molecular weight excluding hydrogens is 306 g/mol. The maximum absolute atomic E-state index is 12.1. The SMILES string of the molecule is Cc1nc(C=O)sc1C(=O)NC1CN(C(=O)OC(C)(C)C)C1. The van der Waals surface area contributed by atoms with Crippen LogP contribution in [-0.2, 0) is 4.74 Å². The fourth-order valence-electron chi connectivity index (χ4n) is 1.97. The van der Waals surface area contributed by atoms with Crippen molar-refractivity contribution < 1.29 is 19.1 Å². The molecule has 0 spiro atoms. The first-order valence-corrected chi connectivity index (χ1v) is 7.72. The predicted molar refractivity (Wildman–Crippen MR) is 81.3 cm³/mol. The van der Waals surface area contributed by atoms with Crippen LogP contribution in [0.3, 0.4) is 0 Å². The number of amides is 2. The van der Waals surface area contributed by atoms with Crippen LogP contribution in [-0.4, -0.2) is 52.9 Å². The summed E-state index contributed by atoms with van der Waals surface area (Å²) in [5.41, 5.74) is 0.00376. The number of thiazole rings is 1. The van der Waals surface area contributed by atoms with Gasteiger partial charge < -0.3 is 15.0 Å².